The van der Waals surface area contributed by atoms with Gasteiger partial charge >= 0.3 is 0 Å². The van der Waals surface area contributed by atoms with Crippen LogP contribution < -0.4 is 9.47 Å². The number of rotatable bonds is 4. The van der Waals surface area contributed by atoms with Gasteiger partial charge in [-0.2, -0.15) is 0 Å². The van der Waals surface area contributed by atoms with Crippen molar-refractivity contribution in [3.05, 3.63) is 33.8 Å². The molecule has 2 aromatic rings. The molecule has 0 radical (unpaired) electrons. The summed E-state index contributed by atoms with van der Waals surface area (Å²) in [7, 11) is 0. The number of fused-ring (bicyclic) bond motifs is 1. The zero-order valence-electron chi connectivity index (χ0n) is 15.9. The van der Waals surface area contributed by atoms with E-state index >= 15 is 0 Å². The summed E-state index contributed by atoms with van der Waals surface area (Å²) in [6.07, 6.45) is 8.42. The molecule has 2 fully saturated rings. The van der Waals surface area contributed by atoms with Gasteiger partial charge in [-0.25, -0.2) is 0 Å². The molecule has 3 heterocycles. The van der Waals surface area contributed by atoms with Crippen molar-refractivity contribution < 1.29 is 14.3 Å². The first kappa shape index (κ1) is 17.9. The van der Waals surface area contributed by atoms with E-state index in [1.165, 1.54) is 30.7 Å². The molecule has 1 aromatic heterocycles. The van der Waals surface area contributed by atoms with Crippen LogP contribution in [0.3, 0.4) is 0 Å². The molecule has 2 aliphatic heterocycles. The largest absolute Gasteiger partial charge is 0.454 e. The average molecular weight is 400 g/mol. The van der Waals surface area contributed by atoms with E-state index in [-0.39, 0.29) is 12.7 Å². The van der Waals surface area contributed by atoms with E-state index in [1.54, 1.807) is 17.4 Å². The van der Waals surface area contributed by atoms with E-state index in [0.717, 1.165) is 43.3 Å². The van der Waals surface area contributed by atoms with Gasteiger partial charge in [-0.15, -0.1) is 21.5 Å². The second-order valence-electron chi connectivity index (χ2n) is 8.02. The number of carbonyl (C=O) groups excluding carboxylic acids is 1. The fraction of sp³-hybridized carbons (Fsp3) is 0.571. The second kappa shape index (κ2) is 7.70. The molecule has 28 heavy (non-hydrogen) atoms. The number of nitrogens with zero attached hydrogens (tertiary/aromatic N) is 3. The van der Waals surface area contributed by atoms with Crippen molar-refractivity contribution in [3.63, 3.8) is 0 Å². The molecule has 1 saturated heterocycles. The minimum absolute atomic E-state index is 0.0657. The fourth-order valence-corrected chi connectivity index (χ4v) is 5.64. The molecule has 7 heteroatoms. The van der Waals surface area contributed by atoms with Crippen LogP contribution in [-0.4, -0.2) is 40.9 Å². The summed E-state index contributed by atoms with van der Waals surface area (Å²) >= 11 is 1.79. The van der Waals surface area contributed by atoms with Gasteiger partial charge in [0.2, 0.25) is 6.79 Å². The van der Waals surface area contributed by atoms with Gasteiger partial charge < -0.3 is 14.4 Å². The monoisotopic (exact) mass is 399 g/mol. The van der Waals surface area contributed by atoms with Gasteiger partial charge in [-0.1, -0.05) is 25.7 Å². The van der Waals surface area contributed by atoms with Gasteiger partial charge in [0.05, 0.1) is 0 Å². The number of amides is 1. The Hall–Kier alpha value is -2.15. The van der Waals surface area contributed by atoms with Gasteiger partial charge in [0, 0.05) is 31.0 Å². The third-order valence-corrected chi connectivity index (χ3v) is 7.28. The minimum Gasteiger partial charge on any atom is -0.454 e. The summed E-state index contributed by atoms with van der Waals surface area (Å²) in [6.45, 7) is 1.74. The van der Waals surface area contributed by atoms with Crippen molar-refractivity contribution in [2.24, 2.45) is 5.92 Å². The number of ether oxygens (including phenoxy) is 2. The minimum atomic E-state index is 0.0657. The van der Waals surface area contributed by atoms with E-state index in [2.05, 4.69) is 10.2 Å². The number of benzene rings is 1. The lowest BCUT2D eigenvalue weighted by Gasteiger charge is -2.31. The van der Waals surface area contributed by atoms with Crippen LogP contribution in [0, 0.1) is 5.92 Å². The Kier molecular flexibility index (Phi) is 4.93. The summed E-state index contributed by atoms with van der Waals surface area (Å²) in [5.41, 5.74) is 0.664. The van der Waals surface area contributed by atoms with Gasteiger partial charge in [0.1, 0.15) is 10.0 Å². The molecule has 0 atom stereocenters. The summed E-state index contributed by atoms with van der Waals surface area (Å²) in [5.74, 6) is 2.66. The fourth-order valence-electron chi connectivity index (χ4n) is 4.52. The quantitative estimate of drug-likeness (QED) is 0.777. The number of aromatic nitrogens is 2. The molecule has 0 N–H and O–H groups in total. The van der Waals surface area contributed by atoms with E-state index in [4.69, 9.17) is 9.47 Å². The van der Waals surface area contributed by atoms with Crippen LogP contribution >= 0.6 is 11.3 Å². The Bertz CT molecular complexity index is 854. The Labute approximate surface area is 168 Å². The highest BCUT2D eigenvalue weighted by Gasteiger charge is 2.28. The highest BCUT2D eigenvalue weighted by Crippen LogP contribution is 2.35. The Morgan fingerprint density at radius 1 is 1.07 bits per heavy atom. The molecule has 148 valence electrons. The maximum absolute atomic E-state index is 12.8. The van der Waals surface area contributed by atoms with Gasteiger partial charge in [-0.3, -0.25) is 4.79 Å². The van der Waals surface area contributed by atoms with Crippen molar-refractivity contribution in [2.75, 3.05) is 19.9 Å². The lowest BCUT2D eigenvalue weighted by Crippen LogP contribution is -2.37. The van der Waals surface area contributed by atoms with Crippen LogP contribution in [0.1, 0.15) is 64.8 Å². The van der Waals surface area contributed by atoms with Crippen LogP contribution in [0.4, 0.5) is 0 Å². The van der Waals surface area contributed by atoms with Crippen LogP contribution in [0.2, 0.25) is 0 Å². The van der Waals surface area contributed by atoms with Gasteiger partial charge in [0.15, 0.2) is 11.5 Å². The zero-order chi connectivity index (χ0) is 18.9. The van der Waals surface area contributed by atoms with E-state index in [9.17, 15) is 4.79 Å². The molecule has 1 aliphatic carbocycles. The lowest BCUT2D eigenvalue weighted by molar-refractivity contribution is 0.0712. The number of likely N-dealkylation sites (tertiary alicyclic amines) is 1. The topological polar surface area (TPSA) is 64.6 Å². The van der Waals surface area contributed by atoms with Crippen molar-refractivity contribution in [3.8, 4) is 11.5 Å². The first-order valence-electron chi connectivity index (χ1n) is 10.3. The van der Waals surface area contributed by atoms with Crippen LogP contribution in [0.25, 0.3) is 0 Å². The summed E-state index contributed by atoms with van der Waals surface area (Å²) < 4.78 is 10.7. The third-order valence-electron chi connectivity index (χ3n) is 6.17. The SMILES string of the molecule is O=C(c1ccc2c(c1)OCO2)N1CCC(c2nnc(CC3CCCC3)s2)CC1. The predicted molar refractivity (Wildman–Crippen MR) is 106 cm³/mol. The van der Waals surface area contributed by atoms with Crippen molar-refractivity contribution in [2.45, 2.75) is 50.9 Å². The summed E-state index contributed by atoms with van der Waals surface area (Å²) in [6, 6.07) is 5.42. The highest BCUT2D eigenvalue weighted by atomic mass is 32.1. The molecular weight excluding hydrogens is 374 g/mol. The van der Waals surface area contributed by atoms with Crippen LogP contribution in [0.15, 0.2) is 18.2 Å². The number of piperidine rings is 1. The smallest absolute Gasteiger partial charge is 0.253 e. The Morgan fingerprint density at radius 3 is 2.68 bits per heavy atom. The van der Waals surface area contributed by atoms with Crippen LogP contribution in [0.5, 0.6) is 11.5 Å². The number of hydrogen-bond donors (Lipinski definition) is 0. The molecule has 5 rings (SSSR count). The summed E-state index contributed by atoms with van der Waals surface area (Å²) in [4.78, 5) is 14.8. The maximum Gasteiger partial charge on any atom is 0.253 e. The number of carbonyl (C=O) groups is 1. The molecule has 1 amide bonds. The average Bonchev–Trinajstić information content (AvgIpc) is 3.49. The molecule has 1 aromatic carbocycles. The van der Waals surface area contributed by atoms with Crippen molar-refractivity contribution >= 4 is 17.2 Å². The molecule has 6 nitrogen and oxygen atoms in total. The standard InChI is InChI=1S/C21H25N3O3S/c25-21(16-5-6-17-18(12-16)27-13-26-17)24-9-7-15(8-10-24)20-23-22-19(28-20)11-14-3-1-2-4-14/h5-6,12,14-15H,1-4,7-11,13H2. The summed E-state index contributed by atoms with van der Waals surface area (Å²) in [5, 5.41) is 11.3. The zero-order valence-corrected chi connectivity index (χ0v) is 16.7. The highest BCUT2D eigenvalue weighted by molar-refractivity contribution is 7.11. The normalized spacial score (nSPS) is 20.1. The third kappa shape index (κ3) is 3.60. The molecule has 1 saturated carbocycles. The van der Waals surface area contributed by atoms with Crippen molar-refractivity contribution in [1.82, 2.24) is 15.1 Å². The maximum atomic E-state index is 12.8. The molecule has 0 bridgehead atoms. The molecule has 0 unspecified atom stereocenters. The van der Waals surface area contributed by atoms with Gasteiger partial charge in [0.25, 0.3) is 5.91 Å². The van der Waals surface area contributed by atoms with E-state index in [0.29, 0.717) is 23.0 Å². The predicted octanol–water partition coefficient (Wildman–Crippen LogP) is 4.02. The van der Waals surface area contributed by atoms with E-state index < -0.39 is 0 Å². The lowest BCUT2D eigenvalue weighted by atomic mass is 9.97. The second-order valence-corrected chi connectivity index (χ2v) is 9.12. The first-order valence-corrected chi connectivity index (χ1v) is 11.1. The van der Waals surface area contributed by atoms with Gasteiger partial charge in [-0.05, 0) is 37.0 Å². The Morgan fingerprint density at radius 2 is 1.86 bits per heavy atom. The van der Waals surface area contributed by atoms with E-state index in [1.807, 2.05) is 17.0 Å². The molecular formula is C21H25N3O3S. The van der Waals surface area contributed by atoms with Crippen molar-refractivity contribution in [1.29, 1.82) is 0 Å². The first-order chi connectivity index (χ1) is 13.8. The Balaban J connectivity index is 1.18. The number of hydrogen-bond acceptors (Lipinski definition) is 6. The molecule has 0 spiro atoms. The molecule has 3 aliphatic rings. The van der Waals surface area contributed by atoms with Crippen LogP contribution in [-0.2, 0) is 6.42 Å².